The average Bonchev–Trinajstić information content (AvgIpc) is 2.45. The highest BCUT2D eigenvalue weighted by Gasteiger charge is 2.04. The van der Waals surface area contributed by atoms with E-state index in [1.165, 1.54) is 30.5 Å². The van der Waals surface area contributed by atoms with Crippen molar-refractivity contribution in [1.82, 2.24) is 0 Å². The van der Waals surface area contributed by atoms with Gasteiger partial charge in [0.05, 0.1) is 5.69 Å². The molecule has 0 amide bonds. The Morgan fingerprint density at radius 3 is 2.62 bits per heavy atom. The third-order valence-corrected chi connectivity index (χ3v) is 3.43. The average molecular weight is 304 g/mol. The molecule has 0 aliphatic rings. The lowest BCUT2D eigenvalue weighted by Gasteiger charge is -2.04. The smallest absolute Gasteiger partial charge is 0.187 e. The zero-order chi connectivity index (χ0) is 15.4. The summed E-state index contributed by atoms with van der Waals surface area (Å²) in [6.45, 7) is 3.94. The van der Waals surface area contributed by atoms with E-state index in [4.69, 9.17) is 11.6 Å². The Bertz CT molecular complexity index is 710. The highest BCUT2D eigenvalue weighted by atomic mass is 35.5. The van der Waals surface area contributed by atoms with Crippen molar-refractivity contribution in [2.75, 3.05) is 5.32 Å². The van der Waals surface area contributed by atoms with E-state index in [1.54, 1.807) is 6.07 Å². The van der Waals surface area contributed by atoms with Crippen LogP contribution in [0.25, 0.3) is 0 Å². The van der Waals surface area contributed by atoms with Gasteiger partial charge in [0.25, 0.3) is 0 Å². The van der Waals surface area contributed by atoms with Gasteiger partial charge in [-0.05, 0) is 49.2 Å². The second kappa shape index (κ2) is 6.55. The minimum absolute atomic E-state index is 0.145. The van der Waals surface area contributed by atoms with Crippen molar-refractivity contribution in [2.45, 2.75) is 13.8 Å². The molecular weight excluding hydrogens is 289 g/mol. The number of hydrogen-bond donors (Lipinski definition) is 1. The van der Waals surface area contributed by atoms with Gasteiger partial charge in [0.2, 0.25) is 0 Å². The standard InChI is InChI=1S/C17H15ClFNO/c1-11-3-4-13(9-12(11)2)17(21)7-8-20-16-10-14(18)5-6-15(16)19/h3-10,20H,1-2H3/b8-7+. The quantitative estimate of drug-likeness (QED) is 0.642. The van der Waals surface area contributed by atoms with Crippen LogP contribution in [0, 0.1) is 19.7 Å². The van der Waals surface area contributed by atoms with Gasteiger partial charge in [-0.25, -0.2) is 4.39 Å². The number of aryl methyl sites for hydroxylation is 2. The van der Waals surface area contributed by atoms with Crippen molar-refractivity contribution in [1.29, 1.82) is 0 Å². The number of benzene rings is 2. The van der Waals surface area contributed by atoms with E-state index in [-0.39, 0.29) is 11.5 Å². The van der Waals surface area contributed by atoms with Crippen molar-refractivity contribution in [3.05, 3.63) is 76.2 Å². The largest absolute Gasteiger partial charge is 0.359 e. The van der Waals surface area contributed by atoms with Gasteiger partial charge in [-0.15, -0.1) is 0 Å². The Kier molecular flexibility index (Phi) is 4.76. The van der Waals surface area contributed by atoms with E-state index in [0.717, 1.165) is 11.1 Å². The van der Waals surface area contributed by atoms with E-state index in [9.17, 15) is 9.18 Å². The second-order valence-electron chi connectivity index (χ2n) is 4.77. The van der Waals surface area contributed by atoms with Crippen molar-refractivity contribution in [2.24, 2.45) is 0 Å². The Labute approximate surface area is 128 Å². The molecule has 2 aromatic rings. The maximum Gasteiger partial charge on any atom is 0.187 e. The number of hydrogen-bond acceptors (Lipinski definition) is 2. The first kappa shape index (κ1) is 15.3. The van der Waals surface area contributed by atoms with E-state index >= 15 is 0 Å². The molecule has 0 atom stereocenters. The number of nitrogens with one attached hydrogen (secondary N) is 1. The molecule has 0 saturated carbocycles. The third kappa shape index (κ3) is 3.92. The van der Waals surface area contributed by atoms with Crippen molar-refractivity contribution in [3.63, 3.8) is 0 Å². The number of allylic oxidation sites excluding steroid dienone is 1. The topological polar surface area (TPSA) is 29.1 Å². The minimum Gasteiger partial charge on any atom is -0.359 e. The van der Waals surface area contributed by atoms with Gasteiger partial charge in [-0.3, -0.25) is 4.79 Å². The molecule has 0 fully saturated rings. The van der Waals surface area contributed by atoms with Crippen LogP contribution in [0.2, 0.25) is 5.02 Å². The molecule has 0 aliphatic heterocycles. The van der Waals surface area contributed by atoms with Crippen molar-refractivity contribution < 1.29 is 9.18 Å². The fourth-order valence-electron chi connectivity index (χ4n) is 1.81. The van der Waals surface area contributed by atoms with Gasteiger partial charge >= 0.3 is 0 Å². The minimum atomic E-state index is -0.428. The Hall–Kier alpha value is -2.13. The molecule has 2 rings (SSSR count). The van der Waals surface area contributed by atoms with Crippen LogP contribution in [-0.4, -0.2) is 5.78 Å². The van der Waals surface area contributed by atoms with Crippen LogP contribution in [0.3, 0.4) is 0 Å². The molecule has 4 heteroatoms. The maximum absolute atomic E-state index is 13.5. The Balaban J connectivity index is 2.08. The summed E-state index contributed by atoms with van der Waals surface area (Å²) in [4.78, 5) is 12.0. The van der Waals surface area contributed by atoms with Crippen LogP contribution in [-0.2, 0) is 0 Å². The second-order valence-corrected chi connectivity index (χ2v) is 5.20. The summed E-state index contributed by atoms with van der Waals surface area (Å²) in [7, 11) is 0. The van der Waals surface area contributed by atoms with Crippen LogP contribution < -0.4 is 5.32 Å². The maximum atomic E-state index is 13.5. The predicted molar refractivity (Wildman–Crippen MR) is 84.4 cm³/mol. The van der Waals surface area contributed by atoms with Crippen LogP contribution in [0.15, 0.2) is 48.7 Å². The van der Waals surface area contributed by atoms with Gasteiger partial charge in [0.1, 0.15) is 5.82 Å². The van der Waals surface area contributed by atoms with Crippen LogP contribution in [0.1, 0.15) is 21.5 Å². The third-order valence-electron chi connectivity index (χ3n) is 3.19. The van der Waals surface area contributed by atoms with Gasteiger partial charge in [-0.2, -0.15) is 0 Å². The summed E-state index contributed by atoms with van der Waals surface area (Å²) in [5.74, 6) is -0.573. The first-order chi connectivity index (χ1) is 9.97. The fourth-order valence-corrected chi connectivity index (χ4v) is 1.98. The van der Waals surface area contributed by atoms with Gasteiger partial charge in [0.15, 0.2) is 5.78 Å². The molecule has 1 N–H and O–H groups in total. The molecule has 0 radical (unpaired) electrons. The molecule has 0 aliphatic carbocycles. The molecule has 0 unspecified atom stereocenters. The van der Waals surface area contributed by atoms with Gasteiger partial charge < -0.3 is 5.32 Å². The molecule has 0 spiro atoms. The lowest BCUT2D eigenvalue weighted by molar-refractivity contribution is 0.104. The molecule has 2 aromatic carbocycles. The number of carbonyl (C=O) groups is 1. The van der Waals surface area contributed by atoms with Gasteiger partial charge in [-0.1, -0.05) is 23.7 Å². The number of carbonyl (C=O) groups excluding carboxylic acids is 1. The SMILES string of the molecule is Cc1ccc(C(=O)/C=C/Nc2cc(Cl)ccc2F)cc1C. The molecule has 2 nitrogen and oxygen atoms in total. The van der Waals surface area contributed by atoms with Crippen molar-refractivity contribution >= 4 is 23.1 Å². The van der Waals surface area contributed by atoms with Gasteiger partial charge in [0, 0.05) is 22.9 Å². The number of rotatable bonds is 4. The first-order valence-electron chi connectivity index (χ1n) is 6.47. The summed E-state index contributed by atoms with van der Waals surface area (Å²) in [5.41, 5.74) is 3.02. The first-order valence-corrected chi connectivity index (χ1v) is 6.85. The Morgan fingerprint density at radius 1 is 1.14 bits per heavy atom. The zero-order valence-electron chi connectivity index (χ0n) is 11.8. The van der Waals surface area contributed by atoms with E-state index in [1.807, 2.05) is 26.0 Å². The normalized spacial score (nSPS) is 10.9. The molecule has 0 heterocycles. The molecule has 108 valence electrons. The summed E-state index contributed by atoms with van der Waals surface area (Å²) in [6.07, 6.45) is 2.77. The molecule has 0 bridgehead atoms. The predicted octanol–water partition coefficient (Wildman–Crippen LogP) is 4.90. The molecule has 0 aromatic heterocycles. The summed E-state index contributed by atoms with van der Waals surface area (Å²) in [5, 5.41) is 3.14. The van der Waals surface area contributed by atoms with E-state index in [0.29, 0.717) is 10.6 Å². The Morgan fingerprint density at radius 2 is 1.90 bits per heavy atom. The summed E-state index contributed by atoms with van der Waals surface area (Å²) in [6, 6.07) is 9.70. The highest BCUT2D eigenvalue weighted by Crippen LogP contribution is 2.19. The monoisotopic (exact) mass is 303 g/mol. The summed E-state index contributed by atoms with van der Waals surface area (Å²) >= 11 is 5.79. The molecule has 0 saturated heterocycles. The number of halogens is 2. The summed E-state index contributed by atoms with van der Waals surface area (Å²) < 4.78 is 13.5. The van der Waals surface area contributed by atoms with Crippen LogP contribution in [0.5, 0.6) is 0 Å². The molecule has 21 heavy (non-hydrogen) atoms. The number of anilines is 1. The number of ketones is 1. The highest BCUT2D eigenvalue weighted by molar-refractivity contribution is 6.30. The van der Waals surface area contributed by atoms with E-state index < -0.39 is 5.82 Å². The van der Waals surface area contributed by atoms with Crippen molar-refractivity contribution in [3.8, 4) is 0 Å². The lowest BCUT2D eigenvalue weighted by atomic mass is 10.0. The van der Waals surface area contributed by atoms with Crippen LogP contribution in [0.4, 0.5) is 10.1 Å². The fraction of sp³-hybridized carbons (Fsp3) is 0.118. The van der Waals surface area contributed by atoms with E-state index in [2.05, 4.69) is 5.32 Å². The zero-order valence-corrected chi connectivity index (χ0v) is 12.5. The van der Waals surface area contributed by atoms with Crippen LogP contribution >= 0.6 is 11.6 Å². The molecular formula is C17H15ClFNO. The lowest BCUT2D eigenvalue weighted by Crippen LogP contribution is -1.98.